The first-order valence-corrected chi connectivity index (χ1v) is 14.9. The van der Waals surface area contributed by atoms with Crippen LogP contribution in [0.1, 0.15) is 29.5 Å². The maximum absolute atomic E-state index is 13.2. The fourth-order valence-electron chi connectivity index (χ4n) is 5.44. The van der Waals surface area contributed by atoms with E-state index in [0.717, 1.165) is 16.7 Å². The minimum Gasteiger partial charge on any atom is -0.445 e. The summed E-state index contributed by atoms with van der Waals surface area (Å²) in [5.41, 5.74) is 3.41. The quantitative estimate of drug-likeness (QED) is 0.185. The molecule has 8 heteroatoms. The molecule has 1 heterocycles. The molecule has 0 aliphatic carbocycles. The number of likely N-dealkylation sites (tertiary alicyclic amines) is 1. The second-order valence-electron chi connectivity index (χ2n) is 10.1. The molecule has 0 radical (unpaired) electrons. The number of amides is 2. The monoisotopic (exact) mass is 586 g/mol. The number of ether oxygens (including phenoxy) is 2. The van der Waals surface area contributed by atoms with E-state index in [9.17, 15) is 14.7 Å². The summed E-state index contributed by atoms with van der Waals surface area (Å²) in [4.78, 5) is 27.2. The Morgan fingerprint density at radius 3 is 1.88 bits per heavy atom. The van der Waals surface area contributed by atoms with Crippen LogP contribution < -0.4 is 5.32 Å². The summed E-state index contributed by atoms with van der Waals surface area (Å²) in [5.74, 6) is 0. The van der Waals surface area contributed by atoms with Gasteiger partial charge in [0.05, 0.1) is 17.4 Å². The minimum absolute atomic E-state index is 0.0129. The first-order chi connectivity index (χ1) is 20.5. The van der Waals surface area contributed by atoms with Gasteiger partial charge >= 0.3 is 12.2 Å². The SMILES string of the molecule is C=CCOC(=O)NC(CO)C[C@@H]1C[C@H](SC(c2ccccc2)(c2ccccc2)c2ccccc2)CN1C(=O)OCC=C. The molecule has 4 rings (SSSR count). The topological polar surface area (TPSA) is 88.1 Å². The Hall–Kier alpha value is -4.01. The first-order valence-electron chi connectivity index (χ1n) is 14.1. The second kappa shape index (κ2) is 15.3. The molecule has 42 heavy (non-hydrogen) atoms. The van der Waals surface area contributed by atoms with Crippen molar-refractivity contribution in [2.75, 3.05) is 26.4 Å². The number of hydrogen-bond donors (Lipinski definition) is 2. The smallest absolute Gasteiger partial charge is 0.410 e. The highest BCUT2D eigenvalue weighted by Crippen LogP contribution is 2.52. The van der Waals surface area contributed by atoms with Crippen molar-refractivity contribution in [1.29, 1.82) is 0 Å². The molecular formula is C34H38N2O5S. The van der Waals surface area contributed by atoms with Gasteiger partial charge in [-0.25, -0.2) is 9.59 Å². The molecule has 0 spiro atoms. The van der Waals surface area contributed by atoms with Crippen LogP contribution in [0.15, 0.2) is 116 Å². The number of aliphatic hydroxyl groups is 1. The summed E-state index contributed by atoms with van der Waals surface area (Å²) in [6.07, 6.45) is 2.90. The lowest BCUT2D eigenvalue weighted by molar-refractivity contribution is 0.0999. The van der Waals surface area contributed by atoms with Crippen molar-refractivity contribution in [2.45, 2.75) is 34.9 Å². The number of aliphatic hydroxyl groups excluding tert-OH is 1. The van der Waals surface area contributed by atoms with E-state index in [-0.39, 0.29) is 31.1 Å². The zero-order chi connectivity index (χ0) is 29.8. The van der Waals surface area contributed by atoms with Crippen molar-refractivity contribution >= 4 is 23.9 Å². The van der Waals surface area contributed by atoms with Gasteiger partial charge in [-0.05, 0) is 29.5 Å². The summed E-state index contributed by atoms with van der Waals surface area (Å²) in [6, 6.07) is 30.4. The lowest BCUT2D eigenvalue weighted by Gasteiger charge is -2.37. The van der Waals surface area contributed by atoms with Gasteiger partial charge in [-0.3, -0.25) is 0 Å². The van der Waals surface area contributed by atoms with Crippen molar-refractivity contribution in [3.63, 3.8) is 0 Å². The van der Waals surface area contributed by atoms with Gasteiger partial charge in [0.1, 0.15) is 13.2 Å². The average Bonchev–Trinajstić information content (AvgIpc) is 3.44. The lowest BCUT2D eigenvalue weighted by atomic mass is 9.84. The number of nitrogens with zero attached hydrogens (tertiary/aromatic N) is 1. The van der Waals surface area contributed by atoms with Crippen molar-refractivity contribution in [2.24, 2.45) is 0 Å². The molecule has 1 aliphatic rings. The van der Waals surface area contributed by atoms with Crippen LogP contribution in [0.2, 0.25) is 0 Å². The zero-order valence-electron chi connectivity index (χ0n) is 23.6. The first kappa shape index (κ1) is 30.9. The van der Waals surface area contributed by atoms with Gasteiger partial charge in [-0.2, -0.15) is 0 Å². The fraction of sp³-hybridized carbons (Fsp3) is 0.294. The molecule has 3 atom stereocenters. The van der Waals surface area contributed by atoms with E-state index in [1.807, 2.05) is 30.0 Å². The number of thioether (sulfide) groups is 1. The largest absolute Gasteiger partial charge is 0.445 e. The van der Waals surface area contributed by atoms with Crippen LogP contribution >= 0.6 is 11.8 Å². The molecule has 3 aromatic carbocycles. The van der Waals surface area contributed by atoms with Crippen LogP contribution in [0.3, 0.4) is 0 Å². The van der Waals surface area contributed by atoms with Crippen LogP contribution in [0.25, 0.3) is 0 Å². The Balaban J connectivity index is 1.69. The van der Waals surface area contributed by atoms with Crippen LogP contribution in [-0.2, 0) is 14.2 Å². The highest BCUT2D eigenvalue weighted by molar-refractivity contribution is 8.01. The van der Waals surface area contributed by atoms with Gasteiger partial charge in [0.15, 0.2) is 0 Å². The summed E-state index contributed by atoms with van der Waals surface area (Å²) < 4.78 is 9.96. The summed E-state index contributed by atoms with van der Waals surface area (Å²) in [7, 11) is 0. The average molecular weight is 587 g/mol. The Morgan fingerprint density at radius 1 is 0.905 bits per heavy atom. The van der Waals surface area contributed by atoms with E-state index in [1.165, 1.54) is 12.2 Å². The number of carbonyl (C=O) groups is 2. The number of rotatable bonds is 13. The van der Waals surface area contributed by atoms with E-state index in [4.69, 9.17) is 9.47 Å². The number of alkyl carbamates (subject to hydrolysis) is 1. The van der Waals surface area contributed by atoms with Crippen LogP contribution in [0.5, 0.6) is 0 Å². The molecule has 0 saturated carbocycles. The Kier molecular flexibility index (Phi) is 11.3. The second-order valence-corrected chi connectivity index (χ2v) is 11.6. The zero-order valence-corrected chi connectivity index (χ0v) is 24.5. The maximum atomic E-state index is 13.2. The molecule has 0 bridgehead atoms. The summed E-state index contributed by atoms with van der Waals surface area (Å²) >= 11 is 1.81. The lowest BCUT2D eigenvalue weighted by Crippen LogP contribution is -2.44. The van der Waals surface area contributed by atoms with Gasteiger partial charge in [-0.15, -0.1) is 11.8 Å². The summed E-state index contributed by atoms with van der Waals surface area (Å²) in [6.45, 7) is 7.51. The number of hydrogen-bond acceptors (Lipinski definition) is 6. The predicted molar refractivity (Wildman–Crippen MR) is 167 cm³/mol. The third kappa shape index (κ3) is 7.43. The third-order valence-corrected chi connectivity index (χ3v) is 8.99. The van der Waals surface area contributed by atoms with E-state index < -0.39 is 23.0 Å². The standard InChI is InChI=1S/C34H38N2O5S/c1-3-20-40-32(38)35-29(25-37)22-30-23-31(24-36(30)33(39)41-21-4-2)42-34(26-14-8-5-9-15-26,27-16-10-6-11-17-27)28-18-12-7-13-19-28/h3-19,29-31,37H,1-2,20-25H2,(H,35,38)/t29?,30-,31+/m1/s1. The van der Waals surface area contributed by atoms with Gasteiger partial charge in [-0.1, -0.05) is 116 Å². The van der Waals surface area contributed by atoms with Gasteiger partial charge in [0.2, 0.25) is 0 Å². The Labute approximate surface area is 252 Å². The number of nitrogens with one attached hydrogen (secondary N) is 1. The molecule has 1 aliphatic heterocycles. The highest BCUT2D eigenvalue weighted by atomic mass is 32.2. The van der Waals surface area contributed by atoms with E-state index in [0.29, 0.717) is 19.4 Å². The Morgan fingerprint density at radius 2 is 1.40 bits per heavy atom. The molecule has 0 aromatic heterocycles. The van der Waals surface area contributed by atoms with Crippen molar-refractivity contribution in [3.05, 3.63) is 133 Å². The predicted octanol–water partition coefficient (Wildman–Crippen LogP) is 6.14. The van der Waals surface area contributed by atoms with Crippen LogP contribution in [0.4, 0.5) is 9.59 Å². The maximum Gasteiger partial charge on any atom is 0.410 e. The molecule has 2 N–H and O–H groups in total. The fourth-order valence-corrected chi connectivity index (χ4v) is 7.31. The van der Waals surface area contributed by atoms with Crippen LogP contribution in [-0.4, -0.2) is 65.9 Å². The molecule has 220 valence electrons. The van der Waals surface area contributed by atoms with E-state index >= 15 is 0 Å². The van der Waals surface area contributed by atoms with Gasteiger partial charge in [0, 0.05) is 17.8 Å². The molecule has 1 unspecified atom stereocenters. The third-order valence-electron chi connectivity index (χ3n) is 7.25. The van der Waals surface area contributed by atoms with Crippen molar-refractivity contribution in [3.8, 4) is 0 Å². The molecule has 3 aromatic rings. The molecule has 7 nitrogen and oxygen atoms in total. The van der Waals surface area contributed by atoms with Crippen LogP contribution in [0, 0.1) is 0 Å². The Bertz CT molecular complexity index is 1210. The van der Waals surface area contributed by atoms with E-state index in [2.05, 4.69) is 91.3 Å². The normalized spacial score (nSPS) is 17.2. The number of carbonyl (C=O) groups excluding carboxylic acids is 2. The minimum atomic E-state index is -0.644. The van der Waals surface area contributed by atoms with Crippen molar-refractivity contribution in [1.82, 2.24) is 10.2 Å². The van der Waals surface area contributed by atoms with Gasteiger partial charge in [0.25, 0.3) is 0 Å². The number of benzene rings is 3. The molecule has 1 fully saturated rings. The summed E-state index contributed by atoms with van der Waals surface area (Å²) in [5, 5.41) is 12.8. The highest BCUT2D eigenvalue weighted by Gasteiger charge is 2.45. The van der Waals surface area contributed by atoms with Crippen molar-refractivity contribution < 1.29 is 24.2 Å². The molecule has 1 saturated heterocycles. The molecular weight excluding hydrogens is 548 g/mol. The van der Waals surface area contributed by atoms with E-state index in [1.54, 1.807) is 4.90 Å². The van der Waals surface area contributed by atoms with Gasteiger partial charge < -0.3 is 24.8 Å². The molecule has 2 amide bonds.